The highest BCUT2D eigenvalue weighted by molar-refractivity contribution is 6.30. The van der Waals surface area contributed by atoms with E-state index in [9.17, 15) is 4.39 Å². The van der Waals surface area contributed by atoms with Crippen LogP contribution in [0.4, 0.5) is 4.39 Å². The van der Waals surface area contributed by atoms with Crippen molar-refractivity contribution in [3.63, 3.8) is 0 Å². The van der Waals surface area contributed by atoms with Crippen LogP contribution in [0, 0.1) is 5.95 Å². The smallest absolute Gasteiger partial charge is 0.222 e. The van der Waals surface area contributed by atoms with Crippen LogP contribution in [0.2, 0.25) is 5.02 Å². The van der Waals surface area contributed by atoms with E-state index in [4.69, 9.17) is 11.6 Å². The second-order valence-corrected chi connectivity index (χ2v) is 3.01. The van der Waals surface area contributed by atoms with Gasteiger partial charge in [-0.3, -0.25) is 0 Å². The van der Waals surface area contributed by atoms with Gasteiger partial charge < -0.3 is 4.98 Å². The number of aromatic nitrogens is 2. The molecule has 0 aromatic carbocycles. The van der Waals surface area contributed by atoms with Gasteiger partial charge in [-0.25, -0.2) is 4.98 Å². The van der Waals surface area contributed by atoms with Gasteiger partial charge in [0.25, 0.3) is 0 Å². The molecule has 0 fully saturated rings. The van der Waals surface area contributed by atoms with Crippen molar-refractivity contribution in [3.05, 3.63) is 41.6 Å². The average Bonchev–Trinajstić information content (AvgIpc) is 2.61. The molecule has 0 aliphatic carbocycles. The molecule has 0 aliphatic heterocycles. The van der Waals surface area contributed by atoms with Gasteiger partial charge in [0, 0.05) is 12.4 Å². The summed E-state index contributed by atoms with van der Waals surface area (Å²) in [4.78, 5) is 6.40. The maximum Gasteiger partial charge on any atom is 0.222 e. The molecule has 0 amide bonds. The van der Waals surface area contributed by atoms with Crippen LogP contribution in [0.15, 0.2) is 30.6 Å². The van der Waals surface area contributed by atoms with E-state index in [0.717, 1.165) is 0 Å². The predicted octanol–water partition coefficient (Wildman–Crippen LogP) is 2.87. The quantitative estimate of drug-likeness (QED) is 0.698. The molecular weight excluding hydrogens is 191 g/mol. The summed E-state index contributed by atoms with van der Waals surface area (Å²) in [5, 5.41) is 0.422. The van der Waals surface area contributed by atoms with Gasteiger partial charge in [0.2, 0.25) is 5.95 Å². The monoisotopic (exact) mass is 196 g/mol. The highest BCUT2D eigenvalue weighted by Gasteiger charge is 2.06. The van der Waals surface area contributed by atoms with E-state index >= 15 is 0 Å². The molecule has 0 saturated carbocycles. The zero-order valence-corrected chi connectivity index (χ0v) is 7.35. The lowest BCUT2D eigenvalue weighted by Crippen LogP contribution is -1.88. The van der Waals surface area contributed by atoms with Crippen LogP contribution in [-0.4, -0.2) is 9.97 Å². The first-order chi connectivity index (χ1) is 6.27. The fraction of sp³-hybridized carbons (Fsp3) is 0. The Morgan fingerprint density at radius 3 is 3.00 bits per heavy atom. The number of nitrogens with zero attached hydrogens (tertiary/aromatic N) is 1. The summed E-state index contributed by atoms with van der Waals surface area (Å²) in [5.41, 5.74) is 1.06. The predicted molar refractivity (Wildman–Crippen MR) is 49.0 cm³/mol. The van der Waals surface area contributed by atoms with E-state index < -0.39 is 5.95 Å². The van der Waals surface area contributed by atoms with Crippen molar-refractivity contribution < 1.29 is 4.39 Å². The second kappa shape index (κ2) is 3.18. The second-order valence-electron chi connectivity index (χ2n) is 2.58. The van der Waals surface area contributed by atoms with Crippen LogP contribution in [0.1, 0.15) is 0 Å². The third-order valence-corrected chi connectivity index (χ3v) is 1.90. The molecule has 0 aliphatic rings. The Hall–Kier alpha value is -1.35. The number of hydrogen-bond acceptors (Lipinski definition) is 1. The van der Waals surface area contributed by atoms with Gasteiger partial charge in [-0.1, -0.05) is 11.6 Å². The van der Waals surface area contributed by atoms with E-state index in [2.05, 4.69) is 9.97 Å². The number of pyridine rings is 1. The summed E-state index contributed by atoms with van der Waals surface area (Å²) in [6.45, 7) is 0. The highest BCUT2D eigenvalue weighted by atomic mass is 35.5. The Morgan fingerprint density at radius 2 is 2.31 bits per heavy atom. The van der Waals surface area contributed by atoms with Crippen molar-refractivity contribution in [2.75, 3.05) is 0 Å². The van der Waals surface area contributed by atoms with Crippen LogP contribution in [0.25, 0.3) is 11.3 Å². The van der Waals surface area contributed by atoms with Crippen LogP contribution < -0.4 is 0 Å². The summed E-state index contributed by atoms with van der Waals surface area (Å²) < 4.78 is 13.1. The minimum Gasteiger partial charge on any atom is -0.361 e. The molecule has 13 heavy (non-hydrogen) atoms. The number of aromatic amines is 1. The Balaban J connectivity index is 2.57. The number of nitrogens with one attached hydrogen (secondary N) is 1. The normalized spacial score (nSPS) is 10.3. The van der Waals surface area contributed by atoms with Crippen molar-refractivity contribution in [1.82, 2.24) is 9.97 Å². The SMILES string of the molecule is Fc1ncc(Cl)cc1-c1ccc[nH]1. The number of rotatable bonds is 1. The van der Waals surface area contributed by atoms with Crippen molar-refractivity contribution in [1.29, 1.82) is 0 Å². The third kappa shape index (κ3) is 1.55. The van der Waals surface area contributed by atoms with E-state index in [0.29, 0.717) is 16.3 Å². The maximum atomic E-state index is 13.1. The fourth-order valence-electron chi connectivity index (χ4n) is 1.11. The van der Waals surface area contributed by atoms with Gasteiger partial charge in [-0.2, -0.15) is 4.39 Å². The Kier molecular flexibility index (Phi) is 2.02. The summed E-state index contributed by atoms with van der Waals surface area (Å²) in [6, 6.07) is 5.09. The van der Waals surface area contributed by atoms with Crippen LogP contribution in [-0.2, 0) is 0 Å². The van der Waals surface area contributed by atoms with Gasteiger partial charge in [0.1, 0.15) is 0 Å². The summed E-state index contributed by atoms with van der Waals surface area (Å²) in [7, 11) is 0. The van der Waals surface area contributed by atoms with Crippen LogP contribution in [0.5, 0.6) is 0 Å². The van der Waals surface area contributed by atoms with Gasteiger partial charge in [-0.15, -0.1) is 0 Å². The lowest BCUT2D eigenvalue weighted by Gasteiger charge is -1.99. The molecule has 0 unspecified atom stereocenters. The van der Waals surface area contributed by atoms with Gasteiger partial charge in [-0.05, 0) is 18.2 Å². The molecule has 2 rings (SSSR count). The molecule has 2 aromatic rings. The zero-order chi connectivity index (χ0) is 9.26. The number of hydrogen-bond donors (Lipinski definition) is 1. The van der Waals surface area contributed by atoms with Crippen molar-refractivity contribution in [3.8, 4) is 11.3 Å². The van der Waals surface area contributed by atoms with Crippen LogP contribution >= 0.6 is 11.6 Å². The first-order valence-electron chi connectivity index (χ1n) is 3.72. The summed E-state index contributed by atoms with van der Waals surface area (Å²) in [5.74, 6) is -0.521. The van der Waals surface area contributed by atoms with E-state index in [1.807, 2.05) is 0 Å². The highest BCUT2D eigenvalue weighted by Crippen LogP contribution is 2.22. The molecule has 2 nitrogen and oxygen atoms in total. The Labute approximate surface area is 79.4 Å². The Morgan fingerprint density at radius 1 is 1.46 bits per heavy atom. The third-order valence-electron chi connectivity index (χ3n) is 1.69. The maximum absolute atomic E-state index is 13.1. The first kappa shape index (κ1) is 8.26. The number of H-pyrrole nitrogens is 1. The minimum atomic E-state index is -0.521. The average molecular weight is 197 g/mol. The molecule has 2 aromatic heterocycles. The van der Waals surface area contributed by atoms with E-state index in [1.165, 1.54) is 12.3 Å². The summed E-state index contributed by atoms with van der Waals surface area (Å²) in [6.07, 6.45) is 3.00. The van der Waals surface area contributed by atoms with Crippen LogP contribution in [0.3, 0.4) is 0 Å². The minimum absolute atomic E-state index is 0.387. The Bertz CT molecular complexity index is 412. The zero-order valence-electron chi connectivity index (χ0n) is 6.59. The first-order valence-corrected chi connectivity index (χ1v) is 4.10. The molecule has 2 heterocycles. The summed E-state index contributed by atoms with van der Waals surface area (Å²) >= 11 is 5.69. The number of halogens is 2. The lowest BCUT2D eigenvalue weighted by molar-refractivity contribution is 0.587. The molecule has 0 atom stereocenters. The molecule has 0 bridgehead atoms. The van der Waals surface area contributed by atoms with Gasteiger partial charge in [0.15, 0.2) is 0 Å². The molecule has 1 N–H and O–H groups in total. The standard InChI is InChI=1S/C9H6ClFN2/c10-6-4-7(9(11)13-5-6)8-2-1-3-12-8/h1-5,12H. The molecular formula is C9H6ClFN2. The lowest BCUT2D eigenvalue weighted by atomic mass is 10.2. The fourth-order valence-corrected chi connectivity index (χ4v) is 1.27. The van der Waals surface area contributed by atoms with Crippen molar-refractivity contribution in [2.24, 2.45) is 0 Å². The van der Waals surface area contributed by atoms with Crippen molar-refractivity contribution in [2.45, 2.75) is 0 Å². The molecule has 0 spiro atoms. The van der Waals surface area contributed by atoms with Crippen molar-refractivity contribution >= 4 is 11.6 Å². The molecule has 66 valence electrons. The molecule has 4 heteroatoms. The van der Waals surface area contributed by atoms with Gasteiger partial charge in [0.05, 0.1) is 16.3 Å². The molecule has 0 radical (unpaired) electrons. The topological polar surface area (TPSA) is 28.7 Å². The van der Waals surface area contributed by atoms with Gasteiger partial charge >= 0.3 is 0 Å². The molecule has 0 saturated heterocycles. The largest absolute Gasteiger partial charge is 0.361 e. The van der Waals surface area contributed by atoms with E-state index in [1.54, 1.807) is 18.3 Å². The van der Waals surface area contributed by atoms with E-state index in [-0.39, 0.29) is 0 Å².